The molecule has 62 valence electrons. The van der Waals surface area contributed by atoms with Crippen LogP contribution in [0.2, 0.25) is 0 Å². The largest absolute Gasteiger partial charge is 0.478 e. The van der Waals surface area contributed by atoms with Crippen LogP contribution in [0.1, 0.15) is 0 Å². The molecule has 0 spiro atoms. The Hall–Kier alpha value is -1.29. The van der Waals surface area contributed by atoms with Gasteiger partial charge in [-0.3, -0.25) is 0 Å². The monoisotopic (exact) mass is 178 g/mol. The minimum Gasteiger partial charge on any atom is -0.478 e. The maximum absolute atomic E-state index is 9.77. The van der Waals surface area contributed by atoms with Crippen molar-refractivity contribution in [2.45, 2.75) is 0 Å². The van der Waals surface area contributed by atoms with Crippen molar-refractivity contribution in [3.63, 3.8) is 0 Å². The molecule has 0 fully saturated rings. The quantitative estimate of drug-likeness (QED) is 0.490. The van der Waals surface area contributed by atoms with E-state index in [2.05, 4.69) is 13.2 Å². The van der Waals surface area contributed by atoms with E-state index < -0.39 is 17.0 Å². The van der Waals surface area contributed by atoms with Gasteiger partial charge in [0.1, 0.15) is 5.03 Å². The molecule has 0 saturated heterocycles. The van der Waals surface area contributed by atoms with E-state index in [4.69, 9.17) is 21.8 Å². The van der Waals surface area contributed by atoms with E-state index >= 15 is 0 Å². The molecule has 2 N–H and O–H groups in total. The van der Waals surface area contributed by atoms with Gasteiger partial charge in [-0.05, 0) is 0 Å². The molecule has 4 nitrogen and oxygen atoms in total. The molecular formula is C6H7ClO4. The summed E-state index contributed by atoms with van der Waals surface area (Å²) in [7, 11) is 0. The van der Waals surface area contributed by atoms with Gasteiger partial charge in [0.2, 0.25) is 0 Å². The molecule has 0 atom stereocenters. The van der Waals surface area contributed by atoms with E-state index in [1.165, 1.54) is 0 Å². The van der Waals surface area contributed by atoms with Crippen molar-refractivity contribution in [3.05, 3.63) is 24.3 Å². The number of hydrogen-bond acceptors (Lipinski definition) is 2. The highest BCUT2D eigenvalue weighted by Gasteiger charge is 2.03. The van der Waals surface area contributed by atoms with Crippen molar-refractivity contribution in [1.29, 1.82) is 0 Å². The molecule has 5 heteroatoms. The molecule has 0 aliphatic carbocycles. The molecule has 11 heavy (non-hydrogen) atoms. The molecule has 0 saturated carbocycles. The molecule has 0 aromatic carbocycles. The third-order valence-corrected chi connectivity index (χ3v) is 0.725. The predicted molar refractivity (Wildman–Crippen MR) is 40.5 cm³/mol. The molecular weight excluding hydrogens is 172 g/mol. The van der Waals surface area contributed by atoms with E-state index in [-0.39, 0.29) is 0 Å². The van der Waals surface area contributed by atoms with Crippen LogP contribution in [-0.4, -0.2) is 22.2 Å². The second kappa shape index (κ2) is 6.82. The first-order valence-corrected chi connectivity index (χ1v) is 2.75. The lowest BCUT2D eigenvalue weighted by molar-refractivity contribution is -0.134. The number of halogens is 1. The fourth-order valence-electron chi connectivity index (χ4n) is 0.170. The second-order valence-electron chi connectivity index (χ2n) is 1.14. The second-order valence-corrected chi connectivity index (χ2v) is 1.54. The maximum Gasteiger partial charge on any atom is 0.347 e. The van der Waals surface area contributed by atoms with Crippen LogP contribution >= 0.6 is 11.6 Å². The van der Waals surface area contributed by atoms with Crippen LogP contribution in [0.3, 0.4) is 0 Å². The van der Waals surface area contributed by atoms with Gasteiger partial charge in [0, 0.05) is 6.08 Å². The van der Waals surface area contributed by atoms with Gasteiger partial charge >= 0.3 is 11.9 Å². The number of carboxylic acid groups (broad SMARTS) is 2. The highest BCUT2D eigenvalue weighted by atomic mass is 35.5. The molecule has 0 amide bonds. The third-order valence-electron chi connectivity index (χ3n) is 0.455. The lowest BCUT2D eigenvalue weighted by Gasteiger charge is -1.83. The van der Waals surface area contributed by atoms with Crippen molar-refractivity contribution in [2.24, 2.45) is 0 Å². The smallest absolute Gasteiger partial charge is 0.347 e. The van der Waals surface area contributed by atoms with Crippen LogP contribution in [-0.2, 0) is 9.59 Å². The Morgan fingerprint density at radius 3 is 1.73 bits per heavy atom. The van der Waals surface area contributed by atoms with Crippen LogP contribution < -0.4 is 0 Å². The Morgan fingerprint density at radius 2 is 1.64 bits per heavy atom. The van der Waals surface area contributed by atoms with Gasteiger partial charge in [-0.2, -0.15) is 0 Å². The number of carboxylic acids is 2. The van der Waals surface area contributed by atoms with Crippen molar-refractivity contribution in [2.75, 3.05) is 0 Å². The number of hydrogen-bond donors (Lipinski definition) is 2. The molecule has 0 unspecified atom stereocenters. The molecule has 0 aromatic heterocycles. The minimum absolute atomic E-state index is 0.407. The fourth-order valence-corrected chi connectivity index (χ4v) is 0.263. The average molecular weight is 179 g/mol. The molecule has 0 aromatic rings. The van der Waals surface area contributed by atoms with Crippen molar-refractivity contribution < 1.29 is 19.8 Å². The van der Waals surface area contributed by atoms with E-state index in [0.717, 1.165) is 0 Å². The average Bonchev–Trinajstić information content (AvgIpc) is 1.90. The van der Waals surface area contributed by atoms with Crippen LogP contribution in [0.5, 0.6) is 0 Å². The van der Waals surface area contributed by atoms with E-state index in [1.807, 2.05) is 0 Å². The summed E-state index contributed by atoms with van der Waals surface area (Å²) in [4.78, 5) is 19.5. The Balaban J connectivity index is 0. The van der Waals surface area contributed by atoms with Gasteiger partial charge in [-0.1, -0.05) is 11.6 Å². The van der Waals surface area contributed by atoms with Crippen LogP contribution in [0.15, 0.2) is 24.3 Å². The Kier molecular flexibility index (Phi) is 7.69. The Morgan fingerprint density at radius 1 is 1.27 bits per heavy atom. The van der Waals surface area contributed by atoms with Gasteiger partial charge in [0.25, 0.3) is 0 Å². The topological polar surface area (TPSA) is 74.6 Å². The summed E-state index contributed by atoms with van der Waals surface area (Å²) < 4.78 is 0. The van der Waals surface area contributed by atoms with Crippen LogP contribution in [0.25, 0.3) is 0 Å². The maximum atomic E-state index is 9.77. The number of rotatable bonds is 2. The third kappa shape index (κ3) is 8.71. The minimum atomic E-state index is -1.45. The summed E-state index contributed by atoms with van der Waals surface area (Å²) in [6.07, 6.45) is 0.407. The van der Waals surface area contributed by atoms with Gasteiger partial charge in [-0.15, -0.1) is 13.2 Å². The summed E-state index contributed by atoms with van der Waals surface area (Å²) >= 11 is 4.89. The van der Waals surface area contributed by atoms with Gasteiger partial charge in [0.15, 0.2) is 0 Å². The standard InChI is InChI=1S/C4H3ClO4.C2H4/c5-2(4(8)9)1-3(6)7;1-2/h1H,(H,6,7)(H,8,9);1-2H2/b2-1-;. The highest BCUT2D eigenvalue weighted by Crippen LogP contribution is 1.98. The number of aliphatic carboxylic acids is 2. The predicted octanol–water partition coefficient (Wildman–Crippen LogP) is 1.08. The molecule has 0 rings (SSSR count). The van der Waals surface area contributed by atoms with E-state index in [0.29, 0.717) is 6.08 Å². The normalized spacial score (nSPS) is 9.36. The zero-order valence-electron chi connectivity index (χ0n) is 5.58. The zero-order valence-corrected chi connectivity index (χ0v) is 6.34. The molecule has 0 heterocycles. The molecule has 0 bridgehead atoms. The first kappa shape index (κ1) is 12.4. The van der Waals surface area contributed by atoms with E-state index in [1.54, 1.807) is 0 Å². The van der Waals surface area contributed by atoms with Gasteiger partial charge in [0.05, 0.1) is 0 Å². The summed E-state index contributed by atoms with van der Waals surface area (Å²) in [5.41, 5.74) is 0. The molecule has 0 aliphatic heterocycles. The first-order valence-electron chi connectivity index (χ1n) is 2.37. The molecule has 0 radical (unpaired) electrons. The fraction of sp³-hybridized carbons (Fsp3) is 0. The highest BCUT2D eigenvalue weighted by molar-refractivity contribution is 6.42. The summed E-state index contributed by atoms with van der Waals surface area (Å²) in [6.45, 7) is 6.00. The first-order chi connectivity index (χ1) is 5.04. The lowest BCUT2D eigenvalue weighted by atomic mass is 10.5. The Labute approximate surface area is 68.4 Å². The zero-order chi connectivity index (χ0) is 9.44. The lowest BCUT2D eigenvalue weighted by Crippen LogP contribution is -1.97. The van der Waals surface area contributed by atoms with Gasteiger partial charge in [-0.25, -0.2) is 9.59 Å². The van der Waals surface area contributed by atoms with Crippen molar-refractivity contribution in [3.8, 4) is 0 Å². The van der Waals surface area contributed by atoms with Crippen molar-refractivity contribution >= 4 is 23.5 Å². The summed E-state index contributed by atoms with van der Waals surface area (Å²) in [5.74, 6) is -2.82. The molecule has 0 aliphatic rings. The summed E-state index contributed by atoms with van der Waals surface area (Å²) in [5, 5.41) is 15.2. The van der Waals surface area contributed by atoms with Crippen LogP contribution in [0, 0.1) is 0 Å². The van der Waals surface area contributed by atoms with E-state index in [9.17, 15) is 9.59 Å². The van der Waals surface area contributed by atoms with Crippen LogP contribution in [0.4, 0.5) is 0 Å². The van der Waals surface area contributed by atoms with Gasteiger partial charge < -0.3 is 10.2 Å². The SMILES string of the molecule is C=C.O=C(O)/C=C(\Cl)C(=O)O. The van der Waals surface area contributed by atoms with Crippen molar-refractivity contribution in [1.82, 2.24) is 0 Å². The Bertz CT molecular complexity index is 185. The summed E-state index contributed by atoms with van der Waals surface area (Å²) in [6, 6.07) is 0. The number of carbonyl (C=O) groups is 2.